The largest absolute Gasteiger partial charge is 0.495 e. The van der Waals surface area contributed by atoms with Crippen LogP contribution >= 0.6 is 0 Å². The van der Waals surface area contributed by atoms with E-state index in [0.717, 1.165) is 0 Å². The van der Waals surface area contributed by atoms with Crippen molar-refractivity contribution in [3.8, 4) is 22.9 Å². The average molecular weight is 539 g/mol. The molecule has 5 N–H and O–H groups in total. The summed E-state index contributed by atoms with van der Waals surface area (Å²) in [7, 11) is -2.82. The van der Waals surface area contributed by atoms with E-state index in [1.165, 1.54) is 43.5 Å². The molecule has 1 saturated carbocycles. The Balaban J connectivity index is 1.89. The minimum absolute atomic E-state index is 0.0386. The van der Waals surface area contributed by atoms with E-state index in [9.17, 15) is 31.6 Å². The van der Waals surface area contributed by atoms with Gasteiger partial charge in [0.1, 0.15) is 16.2 Å². The number of benzene rings is 2. The molecule has 0 aromatic heterocycles. The van der Waals surface area contributed by atoms with Crippen molar-refractivity contribution in [3.05, 3.63) is 48.0 Å². The van der Waals surface area contributed by atoms with Gasteiger partial charge in [-0.3, -0.25) is 4.79 Å². The van der Waals surface area contributed by atoms with Gasteiger partial charge in [-0.15, -0.1) is 0 Å². The molecule has 1 aliphatic rings. The second-order valence-corrected chi connectivity index (χ2v) is 11.2. The van der Waals surface area contributed by atoms with Crippen molar-refractivity contribution >= 4 is 15.9 Å². The van der Waals surface area contributed by atoms with Gasteiger partial charge in [-0.25, -0.2) is 13.6 Å². The number of carbonyl (C=O) groups excluding carboxylic acids is 1. The summed E-state index contributed by atoms with van der Waals surface area (Å²) in [6, 6.07) is 10.6. The van der Waals surface area contributed by atoms with E-state index < -0.39 is 45.5 Å². The van der Waals surface area contributed by atoms with Crippen molar-refractivity contribution in [3.63, 3.8) is 0 Å². The molecule has 2 unspecified atom stereocenters. The van der Waals surface area contributed by atoms with Crippen molar-refractivity contribution in [1.29, 1.82) is 5.26 Å². The molecule has 0 bridgehead atoms. The molecular formula is C25H29F3N4O4S. The van der Waals surface area contributed by atoms with Gasteiger partial charge in [0, 0.05) is 5.92 Å². The monoisotopic (exact) mass is 538 g/mol. The number of nitrogens with one attached hydrogen (secondary N) is 1. The highest BCUT2D eigenvalue weighted by Crippen LogP contribution is 2.57. The first-order chi connectivity index (χ1) is 17.1. The maximum atomic E-state index is 14.2. The molecular weight excluding hydrogens is 509 g/mol. The number of amides is 1. The van der Waals surface area contributed by atoms with Crippen LogP contribution < -0.4 is 20.9 Å². The van der Waals surface area contributed by atoms with Crippen LogP contribution in [-0.4, -0.2) is 39.2 Å². The topological polar surface area (TPSA) is 148 Å². The Morgan fingerprint density at radius 1 is 1.22 bits per heavy atom. The van der Waals surface area contributed by atoms with Crippen LogP contribution in [0.2, 0.25) is 0 Å². The van der Waals surface area contributed by atoms with Gasteiger partial charge in [0.25, 0.3) is 0 Å². The van der Waals surface area contributed by atoms with Gasteiger partial charge >= 0.3 is 6.18 Å². The molecule has 0 radical (unpaired) electrons. The number of ether oxygens (including phenoxy) is 1. The van der Waals surface area contributed by atoms with Crippen LogP contribution in [0.15, 0.2) is 47.4 Å². The molecule has 12 heteroatoms. The average Bonchev–Trinajstić information content (AvgIpc) is 3.50. The molecule has 0 spiro atoms. The third-order valence-corrected chi connectivity index (χ3v) is 7.38. The van der Waals surface area contributed by atoms with E-state index in [-0.39, 0.29) is 28.5 Å². The van der Waals surface area contributed by atoms with Crippen molar-refractivity contribution < 1.29 is 31.1 Å². The van der Waals surface area contributed by atoms with E-state index >= 15 is 0 Å². The van der Waals surface area contributed by atoms with E-state index in [4.69, 9.17) is 15.6 Å². The molecule has 1 amide bonds. The van der Waals surface area contributed by atoms with Gasteiger partial charge in [0.15, 0.2) is 0 Å². The standard InChI is InChI=1S/C25H29F3N4O4S/c1-14(2)10-19(30)23(33)32-24(13-29)12-18(24)22(25(26,27)28)16-6-4-15(5-7-16)17-8-9-20(36-3)21(11-17)37(31,34)35/h4-9,11,14,18-19,22H,10,12,30H2,1-3H3,(H,32,33)(H2,31,34,35)/t18?,19-,22+,24?/m0/s1. The quantitative estimate of drug-likeness (QED) is 0.446. The number of carbonyl (C=O) groups is 1. The minimum atomic E-state index is -4.68. The fourth-order valence-corrected chi connectivity index (χ4v) is 5.25. The zero-order valence-corrected chi connectivity index (χ0v) is 21.4. The van der Waals surface area contributed by atoms with Crippen molar-refractivity contribution in [2.75, 3.05) is 7.11 Å². The lowest BCUT2D eigenvalue weighted by Gasteiger charge is -2.24. The summed E-state index contributed by atoms with van der Waals surface area (Å²) in [5.74, 6) is -3.70. The van der Waals surface area contributed by atoms with E-state index in [0.29, 0.717) is 17.5 Å². The number of halogens is 3. The maximum Gasteiger partial charge on any atom is 0.396 e. The highest BCUT2D eigenvalue weighted by atomic mass is 32.2. The SMILES string of the molecule is COc1ccc(-c2ccc([C@H](C3CC3(C#N)NC(=O)[C@@H](N)CC(C)C)C(F)(F)F)cc2)cc1S(N)(=O)=O. The molecule has 200 valence electrons. The molecule has 2 aromatic rings. The summed E-state index contributed by atoms with van der Waals surface area (Å²) in [4.78, 5) is 12.2. The maximum absolute atomic E-state index is 14.2. The van der Waals surface area contributed by atoms with E-state index in [1.54, 1.807) is 6.07 Å². The predicted molar refractivity (Wildman–Crippen MR) is 131 cm³/mol. The number of hydrogen-bond donors (Lipinski definition) is 3. The number of alkyl halides is 3. The van der Waals surface area contributed by atoms with Crippen LogP contribution in [-0.2, 0) is 14.8 Å². The zero-order chi connectivity index (χ0) is 27.8. The molecule has 0 aliphatic heterocycles. The fourth-order valence-electron chi connectivity index (χ4n) is 4.53. The first-order valence-electron chi connectivity index (χ1n) is 11.5. The Kier molecular flexibility index (Phi) is 7.93. The molecule has 1 aliphatic carbocycles. The number of sulfonamides is 1. The summed E-state index contributed by atoms with van der Waals surface area (Å²) in [6.45, 7) is 3.72. The fraction of sp³-hybridized carbons (Fsp3) is 0.440. The summed E-state index contributed by atoms with van der Waals surface area (Å²) < 4.78 is 71.4. The molecule has 0 saturated heterocycles. The molecule has 37 heavy (non-hydrogen) atoms. The molecule has 1 fully saturated rings. The van der Waals surface area contributed by atoms with Crippen LogP contribution in [0.4, 0.5) is 13.2 Å². The molecule has 2 aromatic carbocycles. The molecule has 3 rings (SSSR count). The number of nitrogens with zero attached hydrogens (tertiary/aromatic N) is 1. The first kappa shape index (κ1) is 28.4. The van der Waals surface area contributed by atoms with Crippen molar-refractivity contribution in [2.24, 2.45) is 22.7 Å². The molecule has 4 atom stereocenters. The second-order valence-electron chi connectivity index (χ2n) is 9.67. The smallest absolute Gasteiger partial charge is 0.396 e. The Morgan fingerprint density at radius 2 is 1.81 bits per heavy atom. The van der Waals surface area contributed by atoms with Crippen LogP contribution in [0.25, 0.3) is 11.1 Å². The third kappa shape index (κ3) is 6.23. The van der Waals surface area contributed by atoms with Crippen LogP contribution in [0, 0.1) is 23.2 Å². The van der Waals surface area contributed by atoms with Crippen molar-refractivity contribution in [2.45, 2.75) is 55.3 Å². The van der Waals surface area contributed by atoms with Crippen LogP contribution in [0.3, 0.4) is 0 Å². The van der Waals surface area contributed by atoms with Gasteiger partial charge in [-0.05, 0) is 47.6 Å². The number of rotatable bonds is 9. The Morgan fingerprint density at radius 3 is 2.30 bits per heavy atom. The molecule has 0 heterocycles. The Bertz CT molecular complexity index is 1310. The highest BCUT2D eigenvalue weighted by molar-refractivity contribution is 7.89. The number of hydrogen-bond acceptors (Lipinski definition) is 6. The van der Waals surface area contributed by atoms with Crippen molar-refractivity contribution in [1.82, 2.24) is 5.32 Å². The number of primary sulfonamides is 1. The van der Waals surface area contributed by atoms with Gasteiger partial charge in [-0.2, -0.15) is 18.4 Å². The van der Waals surface area contributed by atoms with Crippen LogP contribution in [0.5, 0.6) is 5.75 Å². The normalized spacial score (nSPS) is 21.1. The zero-order valence-electron chi connectivity index (χ0n) is 20.5. The van der Waals surface area contributed by atoms with Gasteiger partial charge in [0.2, 0.25) is 15.9 Å². The van der Waals surface area contributed by atoms with Gasteiger partial charge < -0.3 is 15.8 Å². The number of nitriles is 1. The number of nitrogens with two attached hydrogens (primary N) is 2. The lowest BCUT2D eigenvalue weighted by molar-refractivity contribution is -0.156. The summed E-state index contributed by atoms with van der Waals surface area (Å²) >= 11 is 0. The van der Waals surface area contributed by atoms with E-state index in [2.05, 4.69) is 5.32 Å². The predicted octanol–water partition coefficient (Wildman–Crippen LogP) is 3.43. The molecule has 8 nitrogen and oxygen atoms in total. The minimum Gasteiger partial charge on any atom is -0.495 e. The Labute approximate surface area is 213 Å². The third-order valence-electron chi connectivity index (χ3n) is 6.45. The lowest BCUT2D eigenvalue weighted by Crippen LogP contribution is -2.48. The summed E-state index contributed by atoms with van der Waals surface area (Å²) in [5, 5.41) is 17.4. The van der Waals surface area contributed by atoms with Crippen LogP contribution in [0.1, 0.15) is 38.2 Å². The van der Waals surface area contributed by atoms with Gasteiger partial charge in [0.05, 0.1) is 25.1 Å². The van der Waals surface area contributed by atoms with E-state index in [1.807, 2.05) is 19.9 Å². The van der Waals surface area contributed by atoms with Gasteiger partial charge in [-0.1, -0.05) is 44.2 Å². The Hall–Kier alpha value is -3.14. The summed E-state index contributed by atoms with van der Waals surface area (Å²) in [6.07, 6.45) is -4.51. The lowest BCUT2D eigenvalue weighted by atomic mass is 9.89. The first-order valence-corrected chi connectivity index (χ1v) is 13.0. The number of methoxy groups -OCH3 is 1. The highest BCUT2D eigenvalue weighted by Gasteiger charge is 2.65. The summed E-state index contributed by atoms with van der Waals surface area (Å²) in [5.41, 5.74) is 4.97. The second kappa shape index (κ2) is 10.3.